The van der Waals surface area contributed by atoms with Crippen LogP contribution in [-0.4, -0.2) is 4.57 Å². The van der Waals surface area contributed by atoms with Gasteiger partial charge < -0.3 is 4.57 Å². The second-order valence-electron chi connectivity index (χ2n) is 17.5. The second kappa shape index (κ2) is 15.6. The summed E-state index contributed by atoms with van der Waals surface area (Å²) in [4.78, 5) is 1.35. The zero-order chi connectivity index (χ0) is 43.6. The van der Waals surface area contributed by atoms with E-state index in [1.807, 2.05) is 11.3 Å². The van der Waals surface area contributed by atoms with Gasteiger partial charge in [0.25, 0.3) is 0 Å². The molecule has 0 amide bonds. The predicted octanol–water partition coefficient (Wildman–Crippen LogP) is 16.9. The molecule has 2 heterocycles. The smallest absolute Gasteiger partial charge is 0.0713 e. The van der Waals surface area contributed by atoms with Gasteiger partial charge in [0.05, 0.1) is 16.4 Å². The van der Waals surface area contributed by atoms with Crippen molar-refractivity contribution in [3.63, 3.8) is 0 Å². The van der Waals surface area contributed by atoms with Crippen molar-refractivity contribution in [2.24, 2.45) is 0 Å². The molecular formula is C64H43NS. The number of para-hydroxylation sites is 1. The highest BCUT2D eigenvalue weighted by atomic mass is 32.1. The van der Waals surface area contributed by atoms with Crippen LogP contribution in [0.4, 0.5) is 0 Å². The molecule has 66 heavy (non-hydrogen) atoms. The van der Waals surface area contributed by atoms with Crippen LogP contribution in [0.25, 0.3) is 71.0 Å². The maximum absolute atomic E-state index is 2.47. The summed E-state index contributed by atoms with van der Waals surface area (Å²) in [7, 11) is 0. The molecule has 0 saturated carbocycles. The van der Waals surface area contributed by atoms with Gasteiger partial charge in [-0.05, 0) is 121 Å². The minimum Gasteiger partial charge on any atom is -0.309 e. The zero-order valence-electron chi connectivity index (χ0n) is 36.2. The molecule has 1 atom stereocenters. The molecule has 1 aliphatic carbocycles. The summed E-state index contributed by atoms with van der Waals surface area (Å²) in [6, 6.07) is 94.5. The Morgan fingerprint density at radius 3 is 1.80 bits per heavy atom. The summed E-state index contributed by atoms with van der Waals surface area (Å²) in [5.74, 6) is 0.103. The molecule has 13 rings (SSSR count). The number of hydrogen-bond donors (Lipinski definition) is 0. The normalized spacial score (nSPS) is 13.2. The Hall–Kier alpha value is -8.04. The van der Waals surface area contributed by atoms with Crippen LogP contribution in [0.5, 0.6) is 0 Å². The molecule has 12 aromatic rings. The van der Waals surface area contributed by atoms with Crippen molar-refractivity contribution in [1.29, 1.82) is 0 Å². The number of benzene rings is 10. The number of aromatic nitrogens is 1. The Morgan fingerprint density at radius 2 is 1.00 bits per heavy atom. The van der Waals surface area contributed by atoms with E-state index in [9.17, 15) is 0 Å². The first-order valence-corrected chi connectivity index (χ1v) is 23.7. The quantitative estimate of drug-likeness (QED) is 0.143. The van der Waals surface area contributed by atoms with Crippen LogP contribution < -0.4 is 0 Å². The Balaban J connectivity index is 0.936. The third-order valence-electron chi connectivity index (χ3n) is 14.0. The molecule has 310 valence electrons. The Morgan fingerprint density at radius 1 is 0.379 bits per heavy atom. The van der Waals surface area contributed by atoms with E-state index < -0.39 is 5.41 Å². The van der Waals surface area contributed by atoms with Crippen LogP contribution >= 0.6 is 11.3 Å². The molecule has 0 radical (unpaired) electrons. The average molecular weight is 858 g/mol. The Kier molecular flexibility index (Phi) is 9.08. The maximum Gasteiger partial charge on any atom is 0.0713 e. The van der Waals surface area contributed by atoms with Gasteiger partial charge in [-0.15, -0.1) is 11.3 Å². The lowest BCUT2D eigenvalue weighted by molar-refractivity contribution is 0.768. The van der Waals surface area contributed by atoms with Crippen LogP contribution in [-0.2, 0) is 5.41 Å². The first kappa shape index (κ1) is 38.4. The molecule has 0 fully saturated rings. The first-order chi connectivity index (χ1) is 32.7. The van der Waals surface area contributed by atoms with Crippen molar-refractivity contribution in [3.05, 3.63) is 293 Å². The molecule has 0 bridgehead atoms. The fraction of sp³-hybridized carbons (Fsp3) is 0.0312. The van der Waals surface area contributed by atoms with Gasteiger partial charge in [-0.25, -0.2) is 0 Å². The first-order valence-electron chi connectivity index (χ1n) is 22.9. The van der Waals surface area contributed by atoms with Crippen LogP contribution in [0.1, 0.15) is 44.2 Å². The van der Waals surface area contributed by atoms with Crippen LogP contribution in [0.3, 0.4) is 0 Å². The van der Waals surface area contributed by atoms with E-state index in [4.69, 9.17) is 0 Å². The van der Waals surface area contributed by atoms with Gasteiger partial charge in [-0.2, -0.15) is 0 Å². The molecule has 2 aromatic heterocycles. The highest BCUT2D eigenvalue weighted by Crippen LogP contribution is 2.56. The van der Waals surface area contributed by atoms with E-state index in [1.165, 1.54) is 104 Å². The van der Waals surface area contributed by atoms with Crippen molar-refractivity contribution in [3.8, 4) is 39.1 Å². The molecule has 1 unspecified atom stereocenters. The molecule has 1 aliphatic rings. The van der Waals surface area contributed by atoms with Gasteiger partial charge >= 0.3 is 0 Å². The van der Waals surface area contributed by atoms with E-state index in [0.29, 0.717) is 0 Å². The van der Waals surface area contributed by atoms with E-state index in [0.717, 1.165) is 5.69 Å². The second-order valence-corrected chi connectivity index (χ2v) is 18.7. The summed E-state index contributed by atoms with van der Waals surface area (Å²) < 4.78 is 3.78. The van der Waals surface area contributed by atoms with Gasteiger partial charge in [-0.3, -0.25) is 0 Å². The van der Waals surface area contributed by atoms with Crippen molar-refractivity contribution < 1.29 is 0 Å². The third kappa shape index (κ3) is 5.99. The number of rotatable bonds is 8. The molecule has 0 aliphatic heterocycles. The van der Waals surface area contributed by atoms with Gasteiger partial charge in [0.2, 0.25) is 0 Å². The summed E-state index contributed by atoms with van der Waals surface area (Å²) in [6.07, 6.45) is 0. The molecule has 10 aromatic carbocycles. The monoisotopic (exact) mass is 857 g/mol. The highest BCUT2D eigenvalue weighted by molar-refractivity contribution is 7.19. The highest BCUT2D eigenvalue weighted by Gasteiger charge is 2.46. The van der Waals surface area contributed by atoms with Crippen LogP contribution in [0.15, 0.2) is 255 Å². The summed E-state index contributed by atoms with van der Waals surface area (Å²) in [6.45, 7) is 0. The number of fused-ring (bicyclic) bond motifs is 7. The standard InChI is InChI=1S/C64H43NS/c1-4-19-43(20-5-1)63(62-41-47-21-10-17-34-61(47)66-62)54-31-12-11-28-51(54)46-23-18-22-44(39-46)45-35-38-60-56(40-45)53-30-14-16-33-59(53)65(60)50-36-37-58-55(42-50)52-29-13-15-32-57(52)64(58,48-24-6-2-7-25-48)49-26-8-3-9-27-49/h1-42,63H. The fourth-order valence-corrected chi connectivity index (χ4v) is 12.4. The van der Waals surface area contributed by atoms with Crippen LogP contribution in [0, 0.1) is 0 Å². The van der Waals surface area contributed by atoms with Gasteiger partial charge in [0.1, 0.15) is 0 Å². The predicted molar refractivity (Wildman–Crippen MR) is 278 cm³/mol. The topological polar surface area (TPSA) is 4.93 Å². The lowest BCUT2D eigenvalue weighted by Crippen LogP contribution is -2.28. The number of thiophene rings is 1. The molecule has 0 spiro atoms. The summed E-state index contributed by atoms with van der Waals surface area (Å²) in [5.41, 5.74) is 18.3. The minimum absolute atomic E-state index is 0.103. The van der Waals surface area contributed by atoms with Crippen molar-refractivity contribution >= 4 is 43.2 Å². The maximum atomic E-state index is 2.47. The van der Waals surface area contributed by atoms with Crippen molar-refractivity contribution in [1.82, 2.24) is 4.57 Å². The van der Waals surface area contributed by atoms with Gasteiger partial charge in [-0.1, -0.05) is 206 Å². The van der Waals surface area contributed by atoms with E-state index in [1.54, 1.807) is 0 Å². The van der Waals surface area contributed by atoms with Crippen molar-refractivity contribution in [2.45, 2.75) is 11.3 Å². The van der Waals surface area contributed by atoms with E-state index in [2.05, 4.69) is 259 Å². The number of nitrogens with zero attached hydrogens (tertiary/aromatic N) is 1. The Labute approximate surface area is 389 Å². The molecular weight excluding hydrogens is 815 g/mol. The lowest BCUT2D eigenvalue weighted by Gasteiger charge is -2.33. The molecule has 0 saturated heterocycles. The van der Waals surface area contributed by atoms with Gasteiger partial charge in [0, 0.05) is 32.0 Å². The lowest BCUT2D eigenvalue weighted by atomic mass is 9.68. The average Bonchev–Trinajstić information content (AvgIpc) is 4.06. The number of hydrogen-bond acceptors (Lipinski definition) is 1. The summed E-state index contributed by atoms with van der Waals surface area (Å²) in [5, 5.41) is 3.78. The molecule has 1 nitrogen and oxygen atoms in total. The molecule has 2 heteroatoms. The zero-order valence-corrected chi connectivity index (χ0v) is 37.0. The fourth-order valence-electron chi connectivity index (χ4n) is 11.2. The van der Waals surface area contributed by atoms with E-state index >= 15 is 0 Å². The minimum atomic E-state index is -0.432. The SMILES string of the molecule is c1ccc(C(c2cc3ccccc3s2)c2ccccc2-c2cccc(-c3ccc4c(c3)c3ccccc3n4-c3ccc4c(c3)-c3ccccc3C4(c3ccccc3)c3ccccc3)c2)cc1. The third-order valence-corrected chi connectivity index (χ3v) is 15.2. The van der Waals surface area contributed by atoms with E-state index in [-0.39, 0.29) is 5.92 Å². The van der Waals surface area contributed by atoms with Gasteiger partial charge in [0.15, 0.2) is 0 Å². The van der Waals surface area contributed by atoms with Crippen LogP contribution in [0.2, 0.25) is 0 Å². The van der Waals surface area contributed by atoms with Crippen molar-refractivity contribution in [2.75, 3.05) is 0 Å². The Bertz CT molecular complexity index is 3690. The largest absolute Gasteiger partial charge is 0.309 e. The molecule has 0 N–H and O–H groups in total. The summed E-state index contributed by atoms with van der Waals surface area (Å²) >= 11 is 1.90.